The van der Waals surface area contributed by atoms with Crippen molar-refractivity contribution in [1.29, 1.82) is 5.41 Å². The van der Waals surface area contributed by atoms with E-state index in [1.54, 1.807) is 37.3 Å². The second-order valence-electron chi connectivity index (χ2n) is 7.01. The van der Waals surface area contributed by atoms with Crippen LogP contribution in [0.15, 0.2) is 53.4 Å². The summed E-state index contributed by atoms with van der Waals surface area (Å²) < 4.78 is 10.4. The number of ether oxygens (including phenoxy) is 2. The number of carbonyl (C=O) groups excluding carboxylic acids is 2. The van der Waals surface area contributed by atoms with Crippen LogP contribution in [-0.4, -0.2) is 50.0 Å². The van der Waals surface area contributed by atoms with Gasteiger partial charge in [0, 0.05) is 18.8 Å². The van der Waals surface area contributed by atoms with E-state index in [0.717, 1.165) is 49.3 Å². The monoisotopic (exact) mass is 437 g/mol. The first-order valence-electron chi connectivity index (χ1n) is 10.1. The summed E-state index contributed by atoms with van der Waals surface area (Å²) in [5, 5.41) is 8.39. The van der Waals surface area contributed by atoms with Gasteiger partial charge in [0.1, 0.15) is 0 Å². The van der Waals surface area contributed by atoms with Gasteiger partial charge in [-0.25, -0.2) is 4.79 Å². The first-order valence-corrected chi connectivity index (χ1v) is 10.9. The molecule has 2 fully saturated rings. The average Bonchev–Trinajstić information content (AvgIpc) is 3.08. The summed E-state index contributed by atoms with van der Waals surface area (Å²) in [5.74, 6) is -0.663. The van der Waals surface area contributed by atoms with Crippen LogP contribution >= 0.6 is 11.8 Å². The van der Waals surface area contributed by atoms with Crippen molar-refractivity contribution in [3.63, 3.8) is 0 Å². The zero-order valence-electron chi connectivity index (χ0n) is 17.2. The summed E-state index contributed by atoms with van der Waals surface area (Å²) in [7, 11) is 0. The van der Waals surface area contributed by atoms with Crippen LogP contribution in [0.1, 0.15) is 22.8 Å². The normalized spacial score (nSPS) is 18.0. The molecule has 0 atom stereocenters. The highest BCUT2D eigenvalue weighted by Gasteiger charge is 2.33. The van der Waals surface area contributed by atoms with Gasteiger partial charge in [-0.2, -0.15) is 0 Å². The van der Waals surface area contributed by atoms with E-state index in [0.29, 0.717) is 22.8 Å². The van der Waals surface area contributed by atoms with Gasteiger partial charge in [0.15, 0.2) is 5.17 Å². The molecule has 2 heterocycles. The molecule has 2 saturated heterocycles. The lowest BCUT2D eigenvalue weighted by Gasteiger charge is -2.28. The maximum Gasteiger partial charge on any atom is 0.338 e. The summed E-state index contributed by atoms with van der Waals surface area (Å²) in [5.41, 5.74) is 2.99. The van der Waals surface area contributed by atoms with Crippen LogP contribution in [0.25, 0.3) is 6.08 Å². The minimum atomic E-state index is -0.410. The van der Waals surface area contributed by atoms with Gasteiger partial charge in [-0.1, -0.05) is 12.1 Å². The highest BCUT2D eigenvalue weighted by Crippen LogP contribution is 2.35. The first-order chi connectivity index (χ1) is 15.1. The van der Waals surface area contributed by atoms with Gasteiger partial charge in [-0.15, -0.1) is 0 Å². The summed E-state index contributed by atoms with van der Waals surface area (Å²) in [6.45, 7) is 5.25. The SMILES string of the molecule is CCOC(=O)c1ccc(N2C(=N)S/C(=C\c3ccc(N4CCOCC4)cc3)C2=O)cc1. The van der Waals surface area contributed by atoms with Gasteiger partial charge >= 0.3 is 5.97 Å². The average molecular weight is 438 g/mol. The van der Waals surface area contributed by atoms with E-state index < -0.39 is 5.97 Å². The number of hydrogen-bond acceptors (Lipinski definition) is 7. The Morgan fingerprint density at radius 3 is 2.39 bits per heavy atom. The Labute approximate surface area is 185 Å². The molecule has 1 N–H and O–H groups in total. The summed E-state index contributed by atoms with van der Waals surface area (Å²) >= 11 is 1.12. The lowest BCUT2D eigenvalue weighted by atomic mass is 10.1. The molecule has 4 rings (SSSR count). The van der Waals surface area contributed by atoms with E-state index in [1.807, 2.05) is 24.3 Å². The number of thioether (sulfide) groups is 1. The fourth-order valence-corrected chi connectivity index (χ4v) is 4.30. The highest BCUT2D eigenvalue weighted by molar-refractivity contribution is 8.19. The number of nitrogens with zero attached hydrogens (tertiary/aromatic N) is 2. The molecule has 2 aliphatic heterocycles. The predicted octanol–water partition coefficient (Wildman–Crippen LogP) is 3.76. The van der Waals surface area contributed by atoms with Crippen molar-refractivity contribution >= 4 is 46.3 Å². The van der Waals surface area contributed by atoms with Gasteiger partial charge in [0.05, 0.1) is 36.0 Å². The van der Waals surface area contributed by atoms with Crippen LogP contribution in [0.5, 0.6) is 0 Å². The summed E-state index contributed by atoms with van der Waals surface area (Å²) in [6.07, 6.45) is 1.80. The summed E-state index contributed by atoms with van der Waals surface area (Å²) in [4.78, 5) is 28.9. The van der Waals surface area contributed by atoms with Crippen molar-refractivity contribution in [2.45, 2.75) is 6.92 Å². The number of carbonyl (C=O) groups is 2. The van der Waals surface area contributed by atoms with E-state index in [9.17, 15) is 9.59 Å². The number of morpholine rings is 1. The maximum absolute atomic E-state index is 12.9. The number of esters is 1. The van der Waals surface area contributed by atoms with Crippen molar-refractivity contribution in [2.75, 3.05) is 42.7 Å². The molecule has 0 aromatic heterocycles. The van der Waals surface area contributed by atoms with Crippen LogP contribution < -0.4 is 9.80 Å². The molecule has 2 aromatic rings. The maximum atomic E-state index is 12.9. The fourth-order valence-electron chi connectivity index (χ4n) is 3.44. The zero-order chi connectivity index (χ0) is 21.8. The minimum absolute atomic E-state index is 0.130. The van der Waals surface area contributed by atoms with Gasteiger partial charge in [0.2, 0.25) is 0 Å². The minimum Gasteiger partial charge on any atom is -0.462 e. The Morgan fingerprint density at radius 2 is 1.74 bits per heavy atom. The molecule has 0 spiro atoms. The molecule has 8 heteroatoms. The highest BCUT2D eigenvalue weighted by atomic mass is 32.2. The van der Waals surface area contributed by atoms with Crippen molar-refractivity contribution in [3.8, 4) is 0 Å². The van der Waals surface area contributed by atoms with Crippen LogP contribution in [0.4, 0.5) is 11.4 Å². The van der Waals surface area contributed by atoms with Crippen molar-refractivity contribution in [1.82, 2.24) is 0 Å². The van der Waals surface area contributed by atoms with Gasteiger partial charge < -0.3 is 14.4 Å². The quantitative estimate of drug-likeness (QED) is 0.567. The standard InChI is InChI=1S/C23H23N3O4S/c1-2-30-22(28)17-5-9-19(10-6-17)26-21(27)20(31-23(26)24)15-16-3-7-18(8-4-16)25-11-13-29-14-12-25/h3-10,15,24H,2,11-14H2,1H3/b20-15-,24-23?. The number of amidine groups is 1. The third-order valence-corrected chi connectivity index (χ3v) is 5.92. The van der Waals surface area contributed by atoms with Crippen molar-refractivity contribution < 1.29 is 19.1 Å². The van der Waals surface area contributed by atoms with Crippen LogP contribution in [0.2, 0.25) is 0 Å². The number of nitrogens with one attached hydrogen (secondary N) is 1. The number of rotatable bonds is 5. The van der Waals surface area contributed by atoms with Gasteiger partial charge in [-0.05, 0) is 66.7 Å². The zero-order valence-corrected chi connectivity index (χ0v) is 18.0. The Hall–Kier alpha value is -3.10. The molecule has 31 heavy (non-hydrogen) atoms. The van der Waals surface area contributed by atoms with Crippen molar-refractivity contribution in [2.24, 2.45) is 0 Å². The van der Waals surface area contributed by atoms with Crippen LogP contribution in [-0.2, 0) is 14.3 Å². The second kappa shape index (κ2) is 9.36. The molecule has 0 aliphatic carbocycles. The predicted molar refractivity (Wildman–Crippen MR) is 123 cm³/mol. The Bertz CT molecular complexity index is 1010. The molecule has 1 amide bonds. The Morgan fingerprint density at radius 1 is 1.10 bits per heavy atom. The lowest BCUT2D eigenvalue weighted by molar-refractivity contribution is -0.113. The molecule has 0 bridgehead atoms. The topological polar surface area (TPSA) is 82.9 Å². The molecule has 0 unspecified atom stereocenters. The van der Waals surface area contributed by atoms with Crippen molar-refractivity contribution in [3.05, 3.63) is 64.6 Å². The van der Waals surface area contributed by atoms with Gasteiger partial charge in [-0.3, -0.25) is 15.1 Å². The Balaban J connectivity index is 1.48. The number of anilines is 2. The molecule has 7 nitrogen and oxygen atoms in total. The second-order valence-corrected chi connectivity index (χ2v) is 8.05. The fraction of sp³-hybridized carbons (Fsp3) is 0.261. The molecule has 0 radical (unpaired) electrons. The third-order valence-electron chi connectivity index (χ3n) is 5.03. The number of amides is 1. The number of hydrogen-bond donors (Lipinski definition) is 1. The molecule has 160 valence electrons. The molecular weight excluding hydrogens is 414 g/mol. The summed E-state index contributed by atoms with van der Waals surface area (Å²) in [6, 6.07) is 14.5. The molecular formula is C23H23N3O4S. The lowest BCUT2D eigenvalue weighted by Crippen LogP contribution is -2.36. The molecule has 0 saturated carbocycles. The smallest absolute Gasteiger partial charge is 0.338 e. The van der Waals surface area contributed by atoms with E-state index >= 15 is 0 Å². The molecule has 2 aliphatic rings. The largest absolute Gasteiger partial charge is 0.462 e. The molecule has 2 aromatic carbocycles. The Kier molecular flexibility index (Phi) is 6.39. The third kappa shape index (κ3) is 4.65. The number of benzene rings is 2. The van der Waals surface area contributed by atoms with E-state index in [1.165, 1.54) is 4.90 Å². The van der Waals surface area contributed by atoms with Crippen LogP contribution in [0.3, 0.4) is 0 Å². The first kappa shape index (κ1) is 21.1. The van der Waals surface area contributed by atoms with E-state index in [2.05, 4.69) is 4.90 Å². The van der Waals surface area contributed by atoms with Gasteiger partial charge in [0.25, 0.3) is 5.91 Å². The van der Waals surface area contributed by atoms with E-state index in [4.69, 9.17) is 14.9 Å². The van der Waals surface area contributed by atoms with Crippen LogP contribution in [0, 0.1) is 5.41 Å². The van der Waals surface area contributed by atoms with E-state index in [-0.39, 0.29) is 11.1 Å².